The molecule has 23 heavy (non-hydrogen) atoms. The molecule has 0 aromatic heterocycles. The summed E-state index contributed by atoms with van der Waals surface area (Å²) in [4.78, 5) is 11.4. The number of fused-ring (bicyclic) bond motifs is 1. The Morgan fingerprint density at radius 2 is 1.87 bits per heavy atom. The van der Waals surface area contributed by atoms with E-state index in [1.54, 1.807) is 18.2 Å². The molecule has 0 bridgehead atoms. The van der Waals surface area contributed by atoms with Gasteiger partial charge < -0.3 is 4.74 Å². The molecule has 0 spiro atoms. The van der Waals surface area contributed by atoms with Crippen LogP contribution in [0.4, 0.5) is 5.69 Å². The summed E-state index contributed by atoms with van der Waals surface area (Å²) >= 11 is 0. The van der Waals surface area contributed by atoms with Crippen LogP contribution in [0.25, 0.3) is 0 Å². The highest BCUT2D eigenvalue weighted by molar-refractivity contribution is 7.92. The number of carbonyl (C=O) groups is 1. The minimum absolute atomic E-state index is 0.100. The van der Waals surface area contributed by atoms with Crippen molar-refractivity contribution in [2.75, 3.05) is 11.3 Å². The molecule has 120 valence electrons. The Bertz CT molecular complexity index is 841. The molecule has 0 fully saturated rings. The molecular formula is C17H17NO4S. The Kier molecular flexibility index (Phi) is 4.09. The van der Waals surface area contributed by atoms with Crippen LogP contribution in [0, 0.1) is 0 Å². The second-order valence-electron chi connectivity index (χ2n) is 5.46. The number of Topliss-reactive ketones (excluding diaryl/α,β-unsaturated/α-hetero) is 1. The lowest BCUT2D eigenvalue weighted by molar-refractivity contribution is 0.101. The van der Waals surface area contributed by atoms with E-state index in [1.165, 1.54) is 31.2 Å². The van der Waals surface area contributed by atoms with Gasteiger partial charge in [0.1, 0.15) is 5.75 Å². The predicted molar refractivity (Wildman–Crippen MR) is 87.5 cm³/mol. The highest BCUT2D eigenvalue weighted by Gasteiger charge is 2.17. The van der Waals surface area contributed by atoms with E-state index in [0.29, 0.717) is 17.9 Å². The second-order valence-corrected chi connectivity index (χ2v) is 7.14. The second kappa shape index (κ2) is 6.04. The lowest BCUT2D eigenvalue weighted by atomic mass is 10.1. The van der Waals surface area contributed by atoms with E-state index in [1.807, 2.05) is 0 Å². The topological polar surface area (TPSA) is 72.5 Å². The molecule has 2 aromatic carbocycles. The molecule has 0 aliphatic carbocycles. The van der Waals surface area contributed by atoms with Crippen LogP contribution in [0.5, 0.6) is 5.75 Å². The molecule has 0 atom stereocenters. The average molecular weight is 331 g/mol. The van der Waals surface area contributed by atoms with Crippen molar-refractivity contribution >= 4 is 21.5 Å². The summed E-state index contributed by atoms with van der Waals surface area (Å²) < 4.78 is 32.9. The van der Waals surface area contributed by atoms with Gasteiger partial charge >= 0.3 is 0 Å². The number of anilines is 1. The molecule has 1 aliphatic heterocycles. The zero-order chi connectivity index (χ0) is 16.4. The fourth-order valence-corrected chi connectivity index (χ4v) is 3.56. The molecule has 0 radical (unpaired) electrons. The highest BCUT2D eigenvalue weighted by atomic mass is 32.2. The van der Waals surface area contributed by atoms with Gasteiger partial charge in [0.15, 0.2) is 5.78 Å². The third-order valence-corrected chi connectivity index (χ3v) is 5.13. The Labute approximate surface area is 135 Å². The summed E-state index contributed by atoms with van der Waals surface area (Å²) in [6.07, 6.45) is 1.80. The number of sulfonamides is 1. The first-order valence-corrected chi connectivity index (χ1v) is 8.83. The summed E-state index contributed by atoms with van der Waals surface area (Å²) in [5.74, 6) is 0.710. The SMILES string of the molecule is CC(=O)c1ccc(S(=O)(=O)Nc2ccc3c(c2)CCCO3)cc1. The van der Waals surface area contributed by atoms with E-state index in [0.717, 1.165) is 24.2 Å². The summed E-state index contributed by atoms with van der Waals surface area (Å²) in [7, 11) is -3.68. The number of ketones is 1. The van der Waals surface area contributed by atoms with Gasteiger partial charge in [0.25, 0.3) is 10.0 Å². The number of rotatable bonds is 4. The fraction of sp³-hybridized carbons (Fsp3) is 0.235. The van der Waals surface area contributed by atoms with Crippen molar-refractivity contribution in [3.05, 3.63) is 53.6 Å². The molecule has 1 N–H and O–H groups in total. The Hall–Kier alpha value is -2.34. The van der Waals surface area contributed by atoms with E-state index in [-0.39, 0.29) is 10.7 Å². The lowest BCUT2D eigenvalue weighted by Crippen LogP contribution is -2.14. The van der Waals surface area contributed by atoms with Crippen LogP contribution in [-0.2, 0) is 16.4 Å². The molecule has 0 unspecified atom stereocenters. The van der Waals surface area contributed by atoms with Crippen molar-refractivity contribution in [2.45, 2.75) is 24.7 Å². The smallest absolute Gasteiger partial charge is 0.261 e. The van der Waals surface area contributed by atoms with Gasteiger partial charge in [-0.05, 0) is 55.7 Å². The third-order valence-electron chi connectivity index (χ3n) is 3.73. The summed E-state index contributed by atoms with van der Waals surface area (Å²) in [6, 6.07) is 11.2. The first kappa shape index (κ1) is 15.6. The van der Waals surface area contributed by atoms with Gasteiger partial charge in [-0.3, -0.25) is 9.52 Å². The van der Waals surface area contributed by atoms with Crippen LogP contribution < -0.4 is 9.46 Å². The Morgan fingerprint density at radius 1 is 1.13 bits per heavy atom. The predicted octanol–water partition coefficient (Wildman–Crippen LogP) is 3.02. The first-order chi connectivity index (χ1) is 11.0. The van der Waals surface area contributed by atoms with Crippen molar-refractivity contribution in [3.63, 3.8) is 0 Å². The normalized spacial score (nSPS) is 13.8. The van der Waals surface area contributed by atoms with Gasteiger partial charge in [0, 0.05) is 11.3 Å². The van der Waals surface area contributed by atoms with Gasteiger partial charge in [-0.2, -0.15) is 0 Å². The monoisotopic (exact) mass is 331 g/mol. The minimum atomic E-state index is -3.68. The molecule has 2 aromatic rings. The number of hydrogen-bond donors (Lipinski definition) is 1. The van der Waals surface area contributed by atoms with E-state index in [2.05, 4.69) is 4.72 Å². The molecule has 0 saturated carbocycles. The minimum Gasteiger partial charge on any atom is -0.493 e. The van der Waals surface area contributed by atoms with E-state index < -0.39 is 10.0 Å². The quantitative estimate of drug-likeness (QED) is 0.874. The summed E-state index contributed by atoms with van der Waals surface area (Å²) in [5, 5.41) is 0. The van der Waals surface area contributed by atoms with Crippen molar-refractivity contribution in [1.29, 1.82) is 0 Å². The zero-order valence-corrected chi connectivity index (χ0v) is 13.5. The van der Waals surface area contributed by atoms with Crippen LogP contribution in [0.3, 0.4) is 0 Å². The molecule has 6 heteroatoms. The molecule has 1 heterocycles. The number of ether oxygens (including phenoxy) is 1. The standard InChI is InChI=1S/C17H17NO4S/c1-12(19)13-4-7-16(8-5-13)23(20,21)18-15-6-9-17-14(11-15)3-2-10-22-17/h4-9,11,18H,2-3,10H2,1H3. The van der Waals surface area contributed by atoms with Gasteiger partial charge in [0.2, 0.25) is 0 Å². The summed E-state index contributed by atoms with van der Waals surface area (Å²) in [5.41, 5.74) is 1.99. The molecular weight excluding hydrogens is 314 g/mol. The van der Waals surface area contributed by atoms with Gasteiger partial charge in [-0.25, -0.2) is 8.42 Å². The molecule has 0 amide bonds. The maximum Gasteiger partial charge on any atom is 0.261 e. The third kappa shape index (κ3) is 3.37. The molecule has 0 saturated heterocycles. The van der Waals surface area contributed by atoms with Crippen molar-refractivity contribution < 1.29 is 17.9 Å². The van der Waals surface area contributed by atoms with Crippen LogP contribution in [-0.4, -0.2) is 20.8 Å². The Balaban J connectivity index is 1.84. The fourth-order valence-electron chi connectivity index (χ4n) is 2.51. The lowest BCUT2D eigenvalue weighted by Gasteiger charge is -2.18. The van der Waals surface area contributed by atoms with Gasteiger partial charge in [0.05, 0.1) is 11.5 Å². The van der Waals surface area contributed by atoms with E-state index in [4.69, 9.17) is 4.74 Å². The van der Waals surface area contributed by atoms with Crippen molar-refractivity contribution in [1.82, 2.24) is 0 Å². The zero-order valence-electron chi connectivity index (χ0n) is 12.7. The van der Waals surface area contributed by atoms with Gasteiger partial charge in [-0.15, -0.1) is 0 Å². The maximum atomic E-state index is 12.4. The molecule has 5 nitrogen and oxygen atoms in total. The van der Waals surface area contributed by atoms with Crippen LogP contribution in [0.2, 0.25) is 0 Å². The number of benzene rings is 2. The van der Waals surface area contributed by atoms with Crippen molar-refractivity contribution in [3.8, 4) is 5.75 Å². The Morgan fingerprint density at radius 3 is 2.57 bits per heavy atom. The largest absolute Gasteiger partial charge is 0.493 e. The number of nitrogens with one attached hydrogen (secondary N) is 1. The number of hydrogen-bond acceptors (Lipinski definition) is 4. The summed E-state index contributed by atoms with van der Waals surface area (Å²) in [6.45, 7) is 2.14. The van der Waals surface area contributed by atoms with Crippen LogP contribution >= 0.6 is 0 Å². The van der Waals surface area contributed by atoms with E-state index in [9.17, 15) is 13.2 Å². The molecule has 1 aliphatic rings. The maximum absolute atomic E-state index is 12.4. The van der Waals surface area contributed by atoms with Gasteiger partial charge in [-0.1, -0.05) is 12.1 Å². The number of carbonyl (C=O) groups excluding carboxylic acids is 1. The molecule has 3 rings (SSSR count). The average Bonchev–Trinajstić information content (AvgIpc) is 2.54. The highest BCUT2D eigenvalue weighted by Crippen LogP contribution is 2.28. The van der Waals surface area contributed by atoms with Crippen molar-refractivity contribution in [2.24, 2.45) is 0 Å². The number of aryl methyl sites for hydroxylation is 1. The van der Waals surface area contributed by atoms with Crippen LogP contribution in [0.15, 0.2) is 47.4 Å². The first-order valence-electron chi connectivity index (χ1n) is 7.35. The van der Waals surface area contributed by atoms with Crippen LogP contribution in [0.1, 0.15) is 29.3 Å². The van der Waals surface area contributed by atoms with E-state index >= 15 is 0 Å².